The van der Waals surface area contributed by atoms with E-state index in [0.29, 0.717) is 5.57 Å². The number of carbonyl (C=O) groups is 1. The van der Waals surface area contributed by atoms with E-state index in [2.05, 4.69) is 18.8 Å². The van der Waals surface area contributed by atoms with Gasteiger partial charge in [-0.1, -0.05) is 39.2 Å². The van der Waals surface area contributed by atoms with Crippen molar-refractivity contribution in [1.29, 1.82) is 0 Å². The van der Waals surface area contributed by atoms with Crippen LogP contribution in [0.15, 0.2) is 12.2 Å². The third-order valence-electron chi connectivity index (χ3n) is 2.73. The van der Waals surface area contributed by atoms with E-state index in [0.717, 1.165) is 19.3 Å². The molecule has 1 atom stereocenters. The van der Waals surface area contributed by atoms with Crippen LogP contribution < -0.4 is 5.32 Å². The SMILES string of the molecule is C=C(C)C(=O)NC(C)(CO)CCCCCC. The Kier molecular flexibility index (Phi) is 7.06. The predicted octanol–water partition coefficient (Wildman–Crippen LogP) is 2.40. The first-order valence-corrected chi connectivity index (χ1v) is 6.04. The largest absolute Gasteiger partial charge is 0.394 e. The van der Waals surface area contributed by atoms with Gasteiger partial charge in [-0.2, -0.15) is 0 Å². The summed E-state index contributed by atoms with van der Waals surface area (Å²) in [6.07, 6.45) is 5.38. The van der Waals surface area contributed by atoms with Crippen molar-refractivity contribution in [1.82, 2.24) is 5.32 Å². The molecule has 94 valence electrons. The lowest BCUT2D eigenvalue weighted by atomic mass is 9.94. The summed E-state index contributed by atoms with van der Waals surface area (Å²) in [4.78, 5) is 11.5. The Hall–Kier alpha value is -0.830. The number of carbonyl (C=O) groups excluding carboxylic acids is 1. The van der Waals surface area contributed by atoms with Crippen LogP contribution in [0, 0.1) is 0 Å². The Labute approximate surface area is 98.9 Å². The second kappa shape index (κ2) is 7.44. The van der Waals surface area contributed by atoms with E-state index in [1.54, 1.807) is 6.92 Å². The summed E-state index contributed by atoms with van der Waals surface area (Å²) >= 11 is 0. The highest BCUT2D eigenvalue weighted by Crippen LogP contribution is 2.15. The van der Waals surface area contributed by atoms with Gasteiger partial charge in [0.1, 0.15) is 0 Å². The molecule has 2 N–H and O–H groups in total. The van der Waals surface area contributed by atoms with Crippen LogP contribution in [0.2, 0.25) is 0 Å². The van der Waals surface area contributed by atoms with Gasteiger partial charge < -0.3 is 10.4 Å². The summed E-state index contributed by atoms with van der Waals surface area (Å²) in [5, 5.41) is 12.2. The lowest BCUT2D eigenvalue weighted by molar-refractivity contribution is -0.119. The number of rotatable bonds is 8. The zero-order valence-electron chi connectivity index (χ0n) is 10.8. The standard InChI is InChI=1S/C13H25NO2/c1-5-6-7-8-9-13(4,10-15)14-12(16)11(2)3/h15H,2,5-10H2,1,3-4H3,(H,14,16). The molecule has 0 bridgehead atoms. The van der Waals surface area contributed by atoms with Crippen molar-refractivity contribution < 1.29 is 9.90 Å². The van der Waals surface area contributed by atoms with Crippen molar-refractivity contribution in [2.45, 2.75) is 58.4 Å². The minimum atomic E-state index is -0.510. The molecule has 0 aromatic rings. The zero-order chi connectivity index (χ0) is 12.6. The molecule has 0 aliphatic carbocycles. The number of aliphatic hydroxyl groups is 1. The maximum atomic E-state index is 11.5. The number of unbranched alkanes of at least 4 members (excludes halogenated alkanes) is 3. The second-order valence-electron chi connectivity index (χ2n) is 4.76. The van der Waals surface area contributed by atoms with Gasteiger partial charge in [0.2, 0.25) is 5.91 Å². The van der Waals surface area contributed by atoms with Crippen molar-refractivity contribution in [3.8, 4) is 0 Å². The molecule has 0 spiro atoms. The highest BCUT2D eigenvalue weighted by molar-refractivity contribution is 5.92. The summed E-state index contributed by atoms with van der Waals surface area (Å²) in [6, 6.07) is 0. The highest BCUT2D eigenvalue weighted by Gasteiger charge is 2.24. The summed E-state index contributed by atoms with van der Waals surface area (Å²) < 4.78 is 0. The highest BCUT2D eigenvalue weighted by atomic mass is 16.3. The molecule has 1 amide bonds. The number of nitrogens with one attached hydrogen (secondary N) is 1. The molecular formula is C13H25NO2. The normalized spacial score (nSPS) is 14.2. The summed E-state index contributed by atoms with van der Waals surface area (Å²) in [5.74, 6) is -0.174. The van der Waals surface area contributed by atoms with E-state index in [4.69, 9.17) is 0 Å². The van der Waals surface area contributed by atoms with E-state index in [1.165, 1.54) is 12.8 Å². The van der Waals surface area contributed by atoms with Gasteiger partial charge in [-0.3, -0.25) is 4.79 Å². The zero-order valence-corrected chi connectivity index (χ0v) is 10.8. The van der Waals surface area contributed by atoms with Crippen LogP contribution in [-0.4, -0.2) is 23.2 Å². The van der Waals surface area contributed by atoms with Crippen LogP contribution in [-0.2, 0) is 4.79 Å². The lowest BCUT2D eigenvalue weighted by Gasteiger charge is -2.29. The number of hydrogen-bond donors (Lipinski definition) is 2. The fraction of sp³-hybridized carbons (Fsp3) is 0.769. The molecule has 0 rings (SSSR count). The van der Waals surface area contributed by atoms with Crippen molar-refractivity contribution >= 4 is 5.91 Å². The van der Waals surface area contributed by atoms with Crippen LogP contribution in [0.4, 0.5) is 0 Å². The van der Waals surface area contributed by atoms with Gasteiger partial charge in [-0.25, -0.2) is 0 Å². The molecule has 0 aliphatic rings. The maximum Gasteiger partial charge on any atom is 0.246 e. The van der Waals surface area contributed by atoms with Crippen molar-refractivity contribution in [3.63, 3.8) is 0 Å². The second-order valence-corrected chi connectivity index (χ2v) is 4.76. The quantitative estimate of drug-likeness (QED) is 0.494. The molecule has 0 aromatic heterocycles. The minimum Gasteiger partial charge on any atom is -0.394 e. The van der Waals surface area contributed by atoms with Crippen LogP contribution in [0.5, 0.6) is 0 Å². The molecule has 0 aromatic carbocycles. The van der Waals surface area contributed by atoms with Crippen molar-refractivity contribution in [2.75, 3.05) is 6.61 Å². The molecule has 0 saturated carbocycles. The van der Waals surface area contributed by atoms with Crippen molar-refractivity contribution in [3.05, 3.63) is 12.2 Å². The topological polar surface area (TPSA) is 49.3 Å². The van der Waals surface area contributed by atoms with Crippen LogP contribution in [0.1, 0.15) is 52.9 Å². The van der Waals surface area contributed by atoms with E-state index in [1.807, 2.05) is 6.92 Å². The van der Waals surface area contributed by atoms with Crippen molar-refractivity contribution in [2.24, 2.45) is 0 Å². The molecule has 0 saturated heterocycles. The average molecular weight is 227 g/mol. The molecule has 16 heavy (non-hydrogen) atoms. The van der Waals surface area contributed by atoms with Crippen LogP contribution in [0.25, 0.3) is 0 Å². The van der Waals surface area contributed by atoms with Gasteiger partial charge in [0.25, 0.3) is 0 Å². The summed E-state index contributed by atoms with van der Waals surface area (Å²) in [7, 11) is 0. The molecule has 0 heterocycles. The Morgan fingerprint density at radius 3 is 2.44 bits per heavy atom. The fourth-order valence-corrected chi connectivity index (χ4v) is 1.50. The first-order chi connectivity index (χ1) is 7.45. The first kappa shape index (κ1) is 15.2. The van der Waals surface area contributed by atoms with E-state index < -0.39 is 5.54 Å². The Morgan fingerprint density at radius 1 is 1.38 bits per heavy atom. The predicted molar refractivity (Wildman–Crippen MR) is 67.2 cm³/mol. The molecule has 0 aliphatic heterocycles. The van der Waals surface area contributed by atoms with Gasteiger partial charge in [-0.15, -0.1) is 0 Å². The third-order valence-corrected chi connectivity index (χ3v) is 2.73. The number of amides is 1. The van der Waals surface area contributed by atoms with Gasteiger partial charge in [0.05, 0.1) is 12.1 Å². The summed E-state index contributed by atoms with van der Waals surface area (Å²) in [6.45, 7) is 9.27. The van der Waals surface area contributed by atoms with Gasteiger partial charge >= 0.3 is 0 Å². The Bertz CT molecular complexity index is 238. The molecule has 0 radical (unpaired) electrons. The van der Waals surface area contributed by atoms with Gasteiger partial charge in [-0.05, 0) is 20.3 Å². The molecule has 0 fully saturated rings. The van der Waals surface area contributed by atoms with Gasteiger partial charge in [0, 0.05) is 5.57 Å². The van der Waals surface area contributed by atoms with E-state index in [9.17, 15) is 9.90 Å². The monoisotopic (exact) mass is 227 g/mol. The smallest absolute Gasteiger partial charge is 0.246 e. The van der Waals surface area contributed by atoms with Crippen LogP contribution in [0.3, 0.4) is 0 Å². The van der Waals surface area contributed by atoms with Gasteiger partial charge in [0.15, 0.2) is 0 Å². The van der Waals surface area contributed by atoms with E-state index >= 15 is 0 Å². The Morgan fingerprint density at radius 2 is 2.00 bits per heavy atom. The first-order valence-electron chi connectivity index (χ1n) is 6.04. The maximum absolute atomic E-state index is 11.5. The average Bonchev–Trinajstić information content (AvgIpc) is 2.24. The number of hydrogen-bond acceptors (Lipinski definition) is 2. The molecule has 1 unspecified atom stereocenters. The fourth-order valence-electron chi connectivity index (χ4n) is 1.50. The number of aliphatic hydroxyl groups excluding tert-OH is 1. The lowest BCUT2D eigenvalue weighted by Crippen LogP contribution is -2.49. The van der Waals surface area contributed by atoms with Crippen LogP contribution >= 0.6 is 0 Å². The summed E-state index contributed by atoms with van der Waals surface area (Å²) in [5.41, 5.74) is -0.0303. The molecular weight excluding hydrogens is 202 g/mol. The van der Waals surface area contributed by atoms with E-state index in [-0.39, 0.29) is 12.5 Å². The third kappa shape index (κ3) is 5.91. The Balaban J connectivity index is 4.09. The molecule has 3 heteroatoms. The molecule has 3 nitrogen and oxygen atoms in total. The minimum absolute atomic E-state index is 0.0296.